The van der Waals surface area contributed by atoms with E-state index in [1.165, 1.54) is 24.0 Å². The lowest BCUT2D eigenvalue weighted by atomic mass is 9.92. The molecule has 3 aliphatic rings. The van der Waals surface area contributed by atoms with Crippen LogP contribution < -0.4 is 5.32 Å². The maximum Gasteiger partial charge on any atom is 0.338 e. The number of amides is 2. The van der Waals surface area contributed by atoms with Gasteiger partial charge in [0.1, 0.15) is 17.3 Å². The zero-order valence-electron chi connectivity index (χ0n) is 24.4. The van der Waals surface area contributed by atoms with Crippen LogP contribution in [0.15, 0.2) is 54.9 Å². The minimum Gasteiger partial charge on any atom is -0.478 e. The fourth-order valence-corrected chi connectivity index (χ4v) is 7.07. The van der Waals surface area contributed by atoms with Gasteiger partial charge in [0.05, 0.1) is 52.7 Å². The van der Waals surface area contributed by atoms with Crippen LogP contribution in [0.4, 0.5) is 8.78 Å². The molecule has 0 radical (unpaired) electrons. The molecule has 2 aromatic carbocycles. The fraction of sp³-hybridized carbons (Fsp3) is 0.294. The molecule has 45 heavy (non-hydrogen) atoms. The van der Waals surface area contributed by atoms with E-state index >= 15 is 0 Å². The van der Waals surface area contributed by atoms with Gasteiger partial charge in [-0.2, -0.15) is 0 Å². The molecule has 0 saturated carbocycles. The quantitative estimate of drug-likeness (QED) is 0.280. The molecule has 2 N–H and O–H groups in total. The number of nitrogens with one attached hydrogen (secondary N) is 1. The number of carbonyl (C=O) groups is 3. The Morgan fingerprint density at radius 3 is 2.60 bits per heavy atom. The molecule has 9 nitrogen and oxygen atoms in total. The van der Waals surface area contributed by atoms with Gasteiger partial charge in [0.15, 0.2) is 0 Å². The molecule has 4 heterocycles. The third kappa shape index (κ3) is 4.83. The van der Waals surface area contributed by atoms with Crippen molar-refractivity contribution in [2.75, 3.05) is 0 Å². The minimum absolute atomic E-state index is 0.0277. The van der Waals surface area contributed by atoms with Crippen LogP contribution in [0.1, 0.15) is 104 Å². The smallest absolute Gasteiger partial charge is 0.338 e. The summed E-state index contributed by atoms with van der Waals surface area (Å²) < 4.78 is 28.4. The number of halogens is 2. The monoisotopic (exact) mass is 609 g/mol. The van der Waals surface area contributed by atoms with E-state index < -0.39 is 23.5 Å². The third-order valence-electron chi connectivity index (χ3n) is 9.20. The van der Waals surface area contributed by atoms with Crippen LogP contribution in [-0.2, 0) is 12.8 Å². The summed E-state index contributed by atoms with van der Waals surface area (Å²) >= 11 is 0. The van der Waals surface area contributed by atoms with E-state index in [-0.39, 0.29) is 69.8 Å². The highest BCUT2D eigenvalue weighted by Gasteiger charge is 2.48. The van der Waals surface area contributed by atoms with Crippen molar-refractivity contribution in [3.63, 3.8) is 0 Å². The number of aromatic carboxylic acids is 1. The van der Waals surface area contributed by atoms with Crippen LogP contribution >= 0.6 is 0 Å². The first-order valence-corrected chi connectivity index (χ1v) is 15.0. The number of hydrogen-bond acceptors (Lipinski definition) is 6. The van der Waals surface area contributed by atoms with E-state index in [2.05, 4.69) is 20.3 Å². The van der Waals surface area contributed by atoms with Crippen molar-refractivity contribution in [2.45, 2.75) is 63.6 Å². The summed E-state index contributed by atoms with van der Waals surface area (Å²) in [6.07, 6.45) is 6.07. The van der Waals surface area contributed by atoms with E-state index in [0.29, 0.717) is 12.1 Å². The van der Waals surface area contributed by atoms with Crippen molar-refractivity contribution in [2.24, 2.45) is 0 Å². The van der Waals surface area contributed by atoms with Crippen LogP contribution in [0, 0.1) is 11.6 Å². The van der Waals surface area contributed by atoms with Crippen LogP contribution in [-0.4, -0.2) is 48.8 Å². The number of rotatable bonds is 7. The van der Waals surface area contributed by atoms with Gasteiger partial charge in [0.25, 0.3) is 11.8 Å². The number of carboxylic acid groups (broad SMARTS) is 1. The molecule has 4 aromatic rings. The molecule has 2 aliphatic heterocycles. The van der Waals surface area contributed by atoms with Crippen LogP contribution in [0.3, 0.4) is 0 Å². The number of carboxylic acids is 1. The lowest BCUT2D eigenvalue weighted by Gasteiger charge is -2.22. The number of hydrogen-bond donors (Lipinski definition) is 2. The molecule has 7 rings (SSSR count). The van der Waals surface area contributed by atoms with Crippen LogP contribution in [0.25, 0.3) is 11.3 Å². The van der Waals surface area contributed by atoms with E-state index in [0.717, 1.165) is 43.4 Å². The van der Waals surface area contributed by atoms with Gasteiger partial charge in [-0.3, -0.25) is 19.6 Å². The van der Waals surface area contributed by atoms with E-state index in [9.17, 15) is 28.3 Å². The predicted octanol–water partition coefficient (Wildman–Crippen LogP) is 5.59. The van der Waals surface area contributed by atoms with Gasteiger partial charge in [-0.1, -0.05) is 37.3 Å². The Bertz CT molecular complexity index is 1880. The van der Waals surface area contributed by atoms with Gasteiger partial charge in [-0.25, -0.2) is 18.6 Å². The normalized spacial score (nSPS) is 19.8. The zero-order valence-corrected chi connectivity index (χ0v) is 24.4. The van der Waals surface area contributed by atoms with Crippen molar-refractivity contribution >= 4 is 17.8 Å². The first-order valence-electron chi connectivity index (χ1n) is 15.0. The van der Waals surface area contributed by atoms with Gasteiger partial charge >= 0.3 is 5.97 Å². The summed E-state index contributed by atoms with van der Waals surface area (Å²) in [5.74, 6) is -3.74. The maximum atomic E-state index is 14.8. The Hall–Kier alpha value is -5.06. The van der Waals surface area contributed by atoms with Crippen molar-refractivity contribution in [1.82, 2.24) is 25.2 Å². The van der Waals surface area contributed by atoms with E-state index in [1.54, 1.807) is 4.90 Å². The minimum atomic E-state index is -1.38. The summed E-state index contributed by atoms with van der Waals surface area (Å²) in [6, 6.07) is 10.4. The summed E-state index contributed by atoms with van der Waals surface area (Å²) in [7, 11) is 0. The van der Waals surface area contributed by atoms with E-state index in [1.807, 2.05) is 31.2 Å². The number of benzene rings is 2. The molecule has 0 bridgehead atoms. The lowest BCUT2D eigenvalue weighted by molar-refractivity contribution is 0.0694. The van der Waals surface area contributed by atoms with Gasteiger partial charge in [0, 0.05) is 24.1 Å². The second-order valence-corrected chi connectivity index (χ2v) is 11.7. The first kappa shape index (κ1) is 28.7. The largest absolute Gasteiger partial charge is 0.478 e. The van der Waals surface area contributed by atoms with Crippen molar-refractivity contribution in [3.05, 3.63) is 111 Å². The highest BCUT2D eigenvalue weighted by atomic mass is 19.1. The van der Waals surface area contributed by atoms with Crippen molar-refractivity contribution in [3.8, 4) is 11.3 Å². The van der Waals surface area contributed by atoms with Crippen molar-refractivity contribution in [1.29, 1.82) is 0 Å². The first-order chi connectivity index (χ1) is 21.7. The second kappa shape index (κ2) is 11.1. The summed E-state index contributed by atoms with van der Waals surface area (Å²) in [4.78, 5) is 55.1. The Morgan fingerprint density at radius 2 is 1.87 bits per heavy atom. The maximum absolute atomic E-state index is 14.8. The van der Waals surface area contributed by atoms with Crippen LogP contribution in [0.5, 0.6) is 0 Å². The zero-order chi connectivity index (χ0) is 31.4. The fourth-order valence-electron chi connectivity index (χ4n) is 7.07. The predicted molar refractivity (Wildman–Crippen MR) is 159 cm³/mol. The molecule has 2 aromatic heterocycles. The lowest BCUT2D eigenvalue weighted by Crippen LogP contribution is -2.31. The van der Waals surface area contributed by atoms with Crippen LogP contribution in [0.2, 0.25) is 0 Å². The molecule has 1 saturated heterocycles. The standard InChI is InChI=1S/C34H29F2N5O4/c1-2-20-10-12-27-31-30(33(43)41(20)27)28(29(34(44)45)24(39-31)13-18-7-9-19(35)14-22(18)36)25-15-38-26(16-37-25)32(42)40-23-11-8-17-5-3-4-6-21(17)23/h3-7,9,14-16,20,23,27H,2,8,10-13H2,1H3,(H,40,42)(H,44,45)/t20?,23-,27+/m1/s1. The summed E-state index contributed by atoms with van der Waals surface area (Å²) in [5, 5.41) is 13.5. The molecule has 1 fully saturated rings. The van der Waals surface area contributed by atoms with Gasteiger partial charge in [-0.15, -0.1) is 0 Å². The molecule has 228 valence electrons. The molecule has 0 spiro atoms. The Balaban J connectivity index is 1.31. The number of pyridine rings is 1. The van der Waals surface area contributed by atoms with E-state index in [4.69, 9.17) is 0 Å². The average molecular weight is 610 g/mol. The summed E-state index contributed by atoms with van der Waals surface area (Å²) in [6.45, 7) is 1.99. The van der Waals surface area contributed by atoms with Crippen molar-refractivity contribution < 1.29 is 28.3 Å². The Labute approximate surface area is 257 Å². The van der Waals surface area contributed by atoms with Gasteiger partial charge in [0.2, 0.25) is 0 Å². The second-order valence-electron chi connectivity index (χ2n) is 11.7. The topological polar surface area (TPSA) is 125 Å². The number of fused-ring (bicyclic) bond motifs is 4. The third-order valence-corrected chi connectivity index (χ3v) is 9.20. The number of carbonyl (C=O) groups excluding carboxylic acids is 2. The molecule has 2 amide bonds. The molecule has 11 heteroatoms. The number of aromatic nitrogens is 3. The highest BCUT2D eigenvalue weighted by molar-refractivity contribution is 6.10. The number of nitrogens with zero attached hydrogens (tertiary/aromatic N) is 4. The average Bonchev–Trinajstić information content (AvgIpc) is 3.72. The number of aryl methyl sites for hydroxylation is 1. The summed E-state index contributed by atoms with van der Waals surface area (Å²) in [5.41, 5.74) is 2.71. The van der Waals surface area contributed by atoms with Gasteiger partial charge in [-0.05, 0) is 54.9 Å². The molecular formula is C34H29F2N5O4. The SMILES string of the molecule is CCC1CC[C@H]2c3nc(Cc4ccc(F)cc4F)c(C(=O)O)c(-c4cnc(C(=O)N[C@@H]5CCc6ccccc65)cn4)c3C(=O)N12. The molecule has 1 aliphatic carbocycles. The van der Waals surface area contributed by atoms with Gasteiger partial charge < -0.3 is 15.3 Å². The Kier molecular flexibility index (Phi) is 7.10. The molecular weight excluding hydrogens is 580 g/mol. The molecule has 1 unspecified atom stereocenters. The Morgan fingerprint density at radius 1 is 1.04 bits per heavy atom. The highest BCUT2D eigenvalue weighted by Crippen LogP contribution is 2.48. The molecule has 3 atom stereocenters.